The van der Waals surface area contributed by atoms with Gasteiger partial charge in [-0.25, -0.2) is 9.96 Å². The van der Waals surface area contributed by atoms with Crippen molar-refractivity contribution in [3.05, 3.63) is 84.4 Å². The number of hydrogen-bond acceptors (Lipinski definition) is 6. The topological polar surface area (TPSA) is 68.3 Å². The van der Waals surface area contributed by atoms with Crippen LogP contribution in [0.4, 0.5) is 11.4 Å². The predicted molar refractivity (Wildman–Crippen MR) is 119 cm³/mol. The molecule has 0 saturated carbocycles. The summed E-state index contributed by atoms with van der Waals surface area (Å²) in [6, 6.07) is 23.5. The molecule has 3 atom stereocenters. The van der Waals surface area contributed by atoms with Gasteiger partial charge in [-0.05, 0) is 42.0 Å². The van der Waals surface area contributed by atoms with Gasteiger partial charge < -0.3 is 9.47 Å². The minimum Gasteiger partial charge on any atom is -0.497 e. The van der Waals surface area contributed by atoms with E-state index in [2.05, 4.69) is 0 Å². The third-order valence-corrected chi connectivity index (χ3v) is 5.91. The SMILES string of the molecule is COc1ccc([C@@H]2[C@H]3C(=O)N(c4ccccc4OC)C(=O)[C@H]3ON2c2ccccc2)cc1. The second-order valence-corrected chi connectivity index (χ2v) is 7.61. The zero-order valence-electron chi connectivity index (χ0n) is 17.7. The summed E-state index contributed by atoms with van der Waals surface area (Å²) in [6.07, 6.45) is -0.931. The fraction of sp³-hybridized carbons (Fsp3) is 0.200. The number of fused-ring (bicyclic) bond motifs is 1. The number of ether oxygens (including phenoxy) is 2. The summed E-state index contributed by atoms with van der Waals surface area (Å²) in [4.78, 5) is 34.4. The van der Waals surface area contributed by atoms with E-state index in [-0.39, 0.29) is 5.91 Å². The number of anilines is 2. The van der Waals surface area contributed by atoms with Crippen molar-refractivity contribution in [2.24, 2.45) is 5.92 Å². The lowest BCUT2D eigenvalue weighted by atomic mass is 9.90. The molecular formula is C25H22N2O5. The molecule has 0 unspecified atom stereocenters. The molecule has 0 radical (unpaired) electrons. The Kier molecular flexibility index (Phi) is 5.03. The van der Waals surface area contributed by atoms with Gasteiger partial charge in [0, 0.05) is 0 Å². The summed E-state index contributed by atoms with van der Waals surface area (Å²) in [5, 5.41) is 1.67. The Morgan fingerprint density at radius 1 is 0.781 bits per heavy atom. The maximum atomic E-state index is 13.7. The normalized spacial score (nSPS) is 22.2. The van der Waals surface area contributed by atoms with E-state index in [4.69, 9.17) is 14.3 Å². The molecule has 0 N–H and O–H groups in total. The maximum absolute atomic E-state index is 13.7. The van der Waals surface area contributed by atoms with Gasteiger partial charge in [0.25, 0.3) is 5.91 Å². The van der Waals surface area contributed by atoms with Crippen molar-refractivity contribution in [2.45, 2.75) is 12.1 Å². The minimum atomic E-state index is -0.931. The second-order valence-electron chi connectivity index (χ2n) is 7.61. The zero-order chi connectivity index (χ0) is 22.2. The number of para-hydroxylation sites is 3. The average Bonchev–Trinajstić information content (AvgIpc) is 3.35. The Labute approximate surface area is 185 Å². The van der Waals surface area contributed by atoms with Gasteiger partial charge in [-0.15, -0.1) is 0 Å². The van der Waals surface area contributed by atoms with Crippen LogP contribution in [0.3, 0.4) is 0 Å². The van der Waals surface area contributed by atoms with Crippen LogP contribution in [-0.4, -0.2) is 32.1 Å². The Balaban J connectivity index is 1.59. The summed E-state index contributed by atoms with van der Waals surface area (Å²) in [5.74, 6) is -0.263. The van der Waals surface area contributed by atoms with Crippen molar-refractivity contribution >= 4 is 23.2 Å². The lowest BCUT2D eigenvalue weighted by Crippen LogP contribution is -2.37. The fourth-order valence-electron chi connectivity index (χ4n) is 4.41. The van der Waals surface area contributed by atoms with Crippen molar-refractivity contribution in [1.29, 1.82) is 0 Å². The number of nitrogens with zero attached hydrogens (tertiary/aromatic N) is 2. The van der Waals surface area contributed by atoms with Crippen LogP contribution in [0, 0.1) is 5.92 Å². The molecule has 5 rings (SSSR count). The standard InChI is InChI=1S/C25H22N2O5/c1-30-18-14-12-16(13-15-18)22-21-23(32-27(22)17-8-4-3-5-9-17)25(29)26(24(21)28)19-10-6-7-11-20(19)31-2/h3-15,21-23H,1-2H3/t21-,22-,23+/m1/s1. The van der Waals surface area contributed by atoms with Crippen molar-refractivity contribution in [3.8, 4) is 11.5 Å². The molecule has 2 amide bonds. The molecule has 2 fully saturated rings. The zero-order valence-corrected chi connectivity index (χ0v) is 17.7. The quantitative estimate of drug-likeness (QED) is 0.575. The number of methoxy groups -OCH3 is 2. The van der Waals surface area contributed by atoms with Crippen molar-refractivity contribution < 1.29 is 23.9 Å². The predicted octanol–water partition coefficient (Wildman–Crippen LogP) is 3.75. The largest absolute Gasteiger partial charge is 0.497 e. The Morgan fingerprint density at radius 3 is 2.16 bits per heavy atom. The van der Waals surface area contributed by atoms with Gasteiger partial charge in [0.2, 0.25) is 5.91 Å². The van der Waals surface area contributed by atoms with Crippen LogP contribution in [-0.2, 0) is 14.4 Å². The van der Waals surface area contributed by atoms with Crippen LogP contribution in [0.2, 0.25) is 0 Å². The van der Waals surface area contributed by atoms with E-state index < -0.39 is 24.0 Å². The molecule has 2 aliphatic rings. The fourth-order valence-corrected chi connectivity index (χ4v) is 4.41. The number of hydroxylamine groups is 1. The number of rotatable bonds is 5. The molecule has 7 nitrogen and oxygen atoms in total. The first-order valence-corrected chi connectivity index (χ1v) is 10.3. The number of hydrogen-bond donors (Lipinski definition) is 0. The molecule has 3 aromatic carbocycles. The first kappa shape index (κ1) is 20.1. The monoisotopic (exact) mass is 430 g/mol. The second kappa shape index (κ2) is 8.01. The summed E-state index contributed by atoms with van der Waals surface area (Å²) in [7, 11) is 3.11. The van der Waals surface area contributed by atoms with E-state index in [1.54, 1.807) is 36.4 Å². The Hall–Kier alpha value is -3.84. The summed E-state index contributed by atoms with van der Waals surface area (Å²) < 4.78 is 10.7. The van der Waals surface area contributed by atoms with E-state index in [0.29, 0.717) is 17.2 Å². The lowest BCUT2D eigenvalue weighted by molar-refractivity contribution is -0.126. The van der Waals surface area contributed by atoms with Crippen LogP contribution >= 0.6 is 0 Å². The molecule has 3 aromatic rings. The third kappa shape index (κ3) is 3.09. The average molecular weight is 430 g/mol. The molecular weight excluding hydrogens is 408 g/mol. The van der Waals surface area contributed by atoms with E-state index >= 15 is 0 Å². The molecule has 0 spiro atoms. The number of amides is 2. The van der Waals surface area contributed by atoms with E-state index in [1.807, 2.05) is 54.6 Å². The number of carbonyl (C=O) groups excluding carboxylic acids is 2. The van der Waals surface area contributed by atoms with E-state index in [9.17, 15) is 9.59 Å². The molecule has 0 bridgehead atoms. The van der Waals surface area contributed by atoms with E-state index in [1.165, 1.54) is 12.0 Å². The number of imide groups is 1. The maximum Gasteiger partial charge on any atom is 0.266 e. The van der Waals surface area contributed by atoms with Crippen LogP contribution in [0.1, 0.15) is 11.6 Å². The Bertz CT molecular complexity index is 1150. The first-order valence-electron chi connectivity index (χ1n) is 10.3. The first-order chi connectivity index (χ1) is 15.6. The van der Waals surface area contributed by atoms with Gasteiger partial charge in [-0.1, -0.05) is 42.5 Å². The van der Waals surface area contributed by atoms with Gasteiger partial charge in [-0.2, -0.15) is 0 Å². The van der Waals surface area contributed by atoms with Crippen molar-refractivity contribution in [2.75, 3.05) is 24.2 Å². The van der Waals surface area contributed by atoms with Gasteiger partial charge in [-0.3, -0.25) is 14.4 Å². The molecule has 7 heteroatoms. The van der Waals surface area contributed by atoms with Crippen molar-refractivity contribution in [3.63, 3.8) is 0 Å². The van der Waals surface area contributed by atoms with Crippen LogP contribution in [0.25, 0.3) is 0 Å². The van der Waals surface area contributed by atoms with Crippen LogP contribution < -0.4 is 19.4 Å². The molecule has 2 heterocycles. The van der Waals surface area contributed by atoms with E-state index in [0.717, 1.165) is 11.3 Å². The third-order valence-electron chi connectivity index (χ3n) is 5.91. The van der Waals surface area contributed by atoms with Gasteiger partial charge in [0.05, 0.1) is 31.6 Å². The number of benzene rings is 3. The molecule has 0 aliphatic carbocycles. The highest BCUT2D eigenvalue weighted by atomic mass is 16.7. The summed E-state index contributed by atoms with van der Waals surface area (Å²) in [6.45, 7) is 0. The van der Waals surface area contributed by atoms with Gasteiger partial charge in [0.15, 0.2) is 6.10 Å². The Morgan fingerprint density at radius 2 is 1.47 bits per heavy atom. The summed E-state index contributed by atoms with van der Waals surface area (Å²) >= 11 is 0. The molecule has 32 heavy (non-hydrogen) atoms. The highest BCUT2D eigenvalue weighted by Crippen LogP contribution is 2.48. The molecule has 162 valence electrons. The van der Waals surface area contributed by atoms with Gasteiger partial charge >= 0.3 is 0 Å². The highest BCUT2D eigenvalue weighted by Gasteiger charge is 2.60. The minimum absolute atomic E-state index is 0.316. The van der Waals surface area contributed by atoms with Crippen LogP contribution in [0.5, 0.6) is 11.5 Å². The summed E-state index contributed by atoms with van der Waals surface area (Å²) in [5.41, 5.74) is 2.04. The molecule has 2 saturated heterocycles. The van der Waals surface area contributed by atoms with Gasteiger partial charge in [0.1, 0.15) is 17.4 Å². The lowest BCUT2D eigenvalue weighted by Gasteiger charge is -2.29. The van der Waals surface area contributed by atoms with Crippen molar-refractivity contribution in [1.82, 2.24) is 0 Å². The highest BCUT2D eigenvalue weighted by molar-refractivity contribution is 6.24. The molecule has 2 aliphatic heterocycles. The molecule has 0 aromatic heterocycles. The smallest absolute Gasteiger partial charge is 0.266 e. The van der Waals surface area contributed by atoms with Crippen LogP contribution in [0.15, 0.2) is 78.9 Å². The number of carbonyl (C=O) groups is 2.